The fraction of sp³-hybridized carbons (Fsp3) is 0.650. The van der Waals surface area contributed by atoms with Crippen molar-refractivity contribution < 1.29 is 4.79 Å². The minimum absolute atomic E-state index is 0.124. The molecule has 0 bridgehead atoms. The first-order valence-corrected chi connectivity index (χ1v) is 8.96. The topological polar surface area (TPSA) is 32.3 Å². The van der Waals surface area contributed by atoms with Gasteiger partial charge in [-0.25, -0.2) is 0 Å². The molecule has 1 fully saturated rings. The van der Waals surface area contributed by atoms with Crippen LogP contribution < -0.4 is 5.32 Å². The molecule has 0 aliphatic carbocycles. The Bertz CT molecular complexity index is 472. The van der Waals surface area contributed by atoms with Gasteiger partial charge in [0.2, 0.25) is 5.91 Å². The highest BCUT2D eigenvalue weighted by Gasteiger charge is 2.22. The maximum Gasteiger partial charge on any atom is 0.222 e. The first-order valence-electron chi connectivity index (χ1n) is 8.96. The molecule has 1 heterocycles. The van der Waals surface area contributed by atoms with Crippen molar-refractivity contribution >= 4 is 5.91 Å². The zero-order valence-electron chi connectivity index (χ0n) is 15.0. The molecule has 0 atom stereocenters. The molecule has 1 aliphatic heterocycles. The van der Waals surface area contributed by atoms with E-state index in [9.17, 15) is 4.79 Å². The Morgan fingerprint density at radius 1 is 1.17 bits per heavy atom. The highest BCUT2D eigenvalue weighted by atomic mass is 16.2. The third-order valence-electron chi connectivity index (χ3n) is 4.46. The van der Waals surface area contributed by atoms with Gasteiger partial charge in [0.1, 0.15) is 0 Å². The van der Waals surface area contributed by atoms with E-state index >= 15 is 0 Å². The Balaban J connectivity index is 1.93. The molecule has 0 saturated carbocycles. The highest BCUT2D eigenvalue weighted by Crippen LogP contribution is 2.21. The quantitative estimate of drug-likeness (QED) is 0.865. The van der Waals surface area contributed by atoms with Crippen LogP contribution in [0.15, 0.2) is 30.3 Å². The third kappa shape index (κ3) is 6.74. The summed E-state index contributed by atoms with van der Waals surface area (Å²) in [6.45, 7) is 10.3. The first kappa shape index (κ1) is 18.0. The van der Waals surface area contributed by atoms with Crippen molar-refractivity contribution in [2.45, 2.75) is 53.0 Å². The molecule has 1 aromatic rings. The van der Waals surface area contributed by atoms with E-state index in [0.29, 0.717) is 18.2 Å². The molecule has 1 amide bonds. The summed E-state index contributed by atoms with van der Waals surface area (Å²) in [5, 5.41) is 3.39. The minimum Gasteiger partial charge on any atom is -0.338 e. The molecule has 1 N–H and O–H groups in total. The van der Waals surface area contributed by atoms with Crippen molar-refractivity contribution in [1.29, 1.82) is 0 Å². The monoisotopic (exact) mass is 316 g/mol. The van der Waals surface area contributed by atoms with Gasteiger partial charge < -0.3 is 10.2 Å². The van der Waals surface area contributed by atoms with Crippen molar-refractivity contribution in [2.75, 3.05) is 19.6 Å². The molecular weight excluding hydrogens is 284 g/mol. The van der Waals surface area contributed by atoms with Crippen LogP contribution in [0.5, 0.6) is 0 Å². The summed E-state index contributed by atoms with van der Waals surface area (Å²) in [6.07, 6.45) is 4.15. The second kappa shape index (κ2) is 8.49. The van der Waals surface area contributed by atoms with Gasteiger partial charge in [-0.2, -0.15) is 0 Å². The van der Waals surface area contributed by atoms with Gasteiger partial charge in [0.05, 0.1) is 0 Å². The number of carbonyl (C=O) groups excluding carboxylic acids is 1. The number of rotatable bonds is 6. The van der Waals surface area contributed by atoms with Gasteiger partial charge in [-0.05, 0) is 49.2 Å². The van der Waals surface area contributed by atoms with Crippen molar-refractivity contribution in [3.05, 3.63) is 35.9 Å². The van der Waals surface area contributed by atoms with Gasteiger partial charge >= 0.3 is 0 Å². The van der Waals surface area contributed by atoms with Crippen LogP contribution in [0.4, 0.5) is 0 Å². The summed E-state index contributed by atoms with van der Waals surface area (Å²) in [7, 11) is 0. The lowest BCUT2D eigenvalue weighted by atomic mass is 9.92. The van der Waals surface area contributed by atoms with E-state index < -0.39 is 0 Å². The Kier molecular flexibility index (Phi) is 6.64. The molecule has 0 radical (unpaired) electrons. The van der Waals surface area contributed by atoms with Gasteiger partial charge in [-0.15, -0.1) is 0 Å². The average molecular weight is 316 g/mol. The van der Waals surface area contributed by atoms with Crippen molar-refractivity contribution in [3.63, 3.8) is 0 Å². The van der Waals surface area contributed by atoms with Crippen LogP contribution in [0.25, 0.3) is 0 Å². The van der Waals surface area contributed by atoms with E-state index in [1.165, 1.54) is 18.4 Å². The van der Waals surface area contributed by atoms with E-state index in [1.54, 1.807) is 0 Å². The van der Waals surface area contributed by atoms with Crippen LogP contribution in [0, 0.1) is 11.3 Å². The number of amides is 1. The number of carbonyl (C=O) groups is 1. The second-order valence-electron chi connectivity index (χ2n) is 8.03. The fourth-order valence-electron chi connectivity index (χ4n) is 3.26. The Morgan fingerprint density at radius 3 is 2.43 bits per heavy atom. The zero-order chi connectivity index (χ0) is 16.7. The molecule has 128 valence electrons. The summed E-state index contributed by atoms with van der Waals surface area (Å²) >= 11 is 0. The van der Waals surface area contributed by atoms with Crippen LogP contribution in [-0.4, -0.2) is 30.4 Å². The lowest BCUT2D eigenvalue weighted by molar-refractivity contribution is -0.133. The molecule has 0 aromatic heterocycles. The van der Waals surface area contributed by atoms with Gasteiger partial charge in [-0.3, -0.25) is 4.79 Å². The van der Waals surface area contributed by atoms with E-state index in [1.807, 2.05) is 18.2 Å². The minimum atomic E-state index is 0.124. The Hall–Kier alpha value is -1.35. The molecule has 23 heavy (non-hydrogen) atoms. The van der Waals surface area contributed by atoms with Crippen LogP contribution in [0.3, 0.4) is 0 Å². The number of nitrogens with zero attached hydrogens (tertiary/aromatic N) is 1. The van der Waals surface area contributed by atoms with Crippen molar-refractivity contribution in [1.82, 2.24) is 10.2 Å². The van der Waals surface area contributed by atoms with Crippen molar-refractivity contribution in [3.8, 4) is 0 Å². The number of nitrogens with one attached hydrogen (secondary N) is 1. The maximum atomic E-state index is 12.8. The highest BCUT2D eigenvalue weighted by molar-refractivity contribution is 5.76. The predicted octanol–water partition coefficient (Wildman–Crippen LogP) is 3.84. The summed E-state index contributed by atoms with van der Waals surface area (Å²) in [5.41, 5.74) is 1.34. The van der Waals surface area contributed by atoms with Crippen LogP contribution in [0.1, 0.15) is 52.0 Å². The van der Waals surface area contributed by atoms with Crippen molar-refractivity contribution in [2.24, 2.45) is 11.3 Å². The number of hydrogen-bond acceptors (Lipinski definition) is 2. The zero-order valence-corrected chi connectivity index (χ0v) is 15.0. The van der Waals surface area contributed by atoms with Crippen LogP contribution in [0.2, 0.25) is 0 Å². The fourth-order valence-corrected chi connectivity index (χ4v) is 3.26. The summed E-state index contributed by atoms with van der Waals surface area (Å²) in [6, 6.07) is 10.3. The number of piperidine rings is 1. The first-order chi connectivity index (χ1) is 10.9. The van der Waals surface area contributed by atoms with E-state index in [0.717, 1.165) is 32.6 Å². The smallest absolute Gasteiger partial charge is 0.222 e. The lowest BCUT2D eigenvalue weighted by Gasteiger charge is -2.31. The van der Waals surface area contributed by atoms with E-state index in [2.05, 4.69) is 43.1 Å². The maximum absolute atomic E-state index is 12.8. The molecule has 3 heteroatoms. The summed E-state index contributed by atoms with van der Waals surface area (Å²) in [5.74, 6) is 1.02. The predicted molar refractivity (Wildman–Crippen MR) is 96.1 cm³/mol. The molecule has 0 unspecified atom stereocenters. The molecule has 2 rings (SSSR count). The SMILES string of the molecule is CC(C)(C)CN(Cc1ccccc1)C(=O)CCC1CCNCC1. The van der Waals surface area contributed by atoms with Gasteiger partial charge in [0, 0.05) is 19.5 Å². The molecular formula is C20H32N2O. The normalized spacial score (nSPS) is 16.3. The molecule has 1 aliphatic rings. The van der Waals surface area contributed by atoms with E-state index in [-0.39, 0.29) is 5.41 Å². The van der Waals surface area contributed by atoms with Gasteiger partial charge in [-0.1, -0.05) is 51.1 Å². The Morgan fingerprint density at radius 2 is 1.83 bits per heavy atom. The standard InChI is InChI=1S/C20H32N2O/c1-20(2,3)16-22(15-18-7-5-4-6-8-18)19(23)10-9-17-11-13-21-14-12-17/h4-8,17,21H,9-16H2,1-3H3. The number of benzene rings is 1. The number of hydrogen-bond donors (Lipinski definition) is 1. The summed E-state index contributed by atoms with van der Waals surface area (Å²) < 4.78 is 0. The molecule has 1 saturated heterocycles. The summed E-state index contributed by atoms with van der Waals surface area (Å²) in [4.78, 5) is 14.8. The molecule has 3 nitrogen and oxygen atoms in total. The molecule has 0 spiro atoms. The van der Waals surface area contributed by atoms with Gasteiger partial charge in [0.15, 0.2) is 0 Å². The van der Waals surface area contributed by atoms with E-state index in [4.69, 9.17) is 0 Å². The Labute approximate surface area is 141 Å². The largest absolute Gasteiger partial charge is 0.338 e. The van der Waals surface area contributed by atoms with Gasteiger partial charge in [0.25, 0.3) is 0 Å². The molecule has 1 aromatic carbocycles. The van der Waals surface area contributed by atoms with Crippen LogP contribution in [-0.2, 0) is 11.3 Å². The third-order valence-corrected chi connectivity index (χ3v) is 4.46. The van der Waals surface area contributed by atoms with Crippen LogP contribution >= 0.6 is 0 Å². The average Bonchev–Trinajstić information content (AvgIpc) is 2.53. The lowest BCUT2D eigenvalue weighted by Crippen LogP contribution is -2.37. The second-order valence-corrected chi connectivity index (χ2v) is 8.03.